The topological polar surface area (TPSA) is 58.4 Å². The number of hydrogen-bond donors (Lipinski definition) is 1. The summed E-state index contributed by atoms with van der Waals surface area (Å²) >= 11 is 0. The Bertz CT molecular complexity index is 719. The molecule has 5 nitrogen and oxygen atoms in total. The fourth-order valence-electron chi connectivity index (χ4n) is 3.53. The van der Waals surface area contributed by atoms with Gasteiger partial charge in [-0.15, -0.1) is 0 Å². The first kappa shape index (κ1) is 14.2. The minimum atomic E-state index is -0.270. The van der Waals surface area contributed by atoms with Crippen molar-refractivity contribution in [2.24, 2.45) is 17.8 Å². The summed E-state index contributed by atoms with van der Waals surface area (Å²) in [6.07, 6.45) is 0. The maximum Gasteiger partial charge on any atom is 0.322 e. The van der Waals surface area contributed by atoms with Crippen LogP contribution in [0.1, 0.15) is 5.69 Å². The van der Waals surface area contributed by atoms with E-state index in [0.717, 1.165) is 5.56 Å². The highest BCUT2D eigenvalue weighted by molar-refractivity contribution is 5.94. The molecule has 2 aromatic rings. The molecule has 2 amide bonds. The average molecular weight is 315 g/mol. The van der Waals surface area contributed by atoms with Gasteiger partial charge >= 0.3 is 6.03 Å². The number of nitrogens with one attached hydrogen (secondary N) is 1. The number of hydrogen-bond acceptors (Lipinski definition) is 3. The minimum Gasteiger partial charge on any atom is -0.354 e. The van der Waals surface area contributed by atoms with E-state index in [0.29, 0.717) is 42.1 Å². The number of urea groups is 1. The normalized spacial score (nSPS) is 25.3. The molecule has 120 valence electrons. The Hall–Kier alpha value is -2.37. The molecule has 1 aromatic heterocycles. The van der Waals surface area contributed by atoms with Gasteiger partial charge in [-0.3, -0.25) is 4.39 Å². The summed E-state index contributed by atoms with van der Waals surface area (Å²) in [4.78, 5) is 14.2. The van der Waals surface area contributed by atoms with E-state index in [-0.39, 0.29) is 18.6 Å². The Kier molecular flexibility index (Phi) is 3.32. The Labute approximate surface area is 133 Å². The molecule has 0 bridgehead atoms. The molecule has 1 aliphatic carbocycles. The van der Waals surface area contributed by atoms with Gasteiger partial charge in [-0.05, 0) is 24.7 Å². The number of likely N-dealkylation sites (tertiary alicyclic amines) is 1. The number of anilines is 1. The predicted molar refractivity (Wildman–Crippen MR) is 83.7 cm³/mol. The number of carbonyl (C=O) groups excluding carboxylic acids is 1. The van der Waals surface area contributed by atoms with E-state index in [1.807, 2.05) is 30.3 Å². The lowest BCUT2D eigenvalue weighted by molar-refractivity contribution is 0.212. The van der Waals surface area contributed by atoms with Crippen molar-refractivity contribution in [1.29, 1.82) is 0 Å². The number of carbonyl (C=O) groups is 1. The third kappa shape index (κ3) is 2.38. The van der Waals surface area contributed by atoms with Crippen molar-refractivity contribution in [2.45, 2.75) is 6.92 Å². The summed E-state index contributed by atoms with van der Waals surface area (Å²) in [6, 6.07) is 9.38. The Morgan fingerprint density at radius 2 is 2.04 bits per heavy atom. The van der Waals surface area contributed by atoms with Crippen molar-refractivity contribution in [3.8, 4) is 11.3 Å². The molecule has 4 rings (SSSR count). The molecule has 1 aromatic carbocycles. The second kappa shape index (κ2) is 5.37. The zero-order valence-corrected chi connectivity index (χ0v) is 12.8. The Morgan fingerprint density at radius 1 is 1.35 bits per heavy atom. The van der Waals surface area contributed by atoms with Crippen LogP contribution < -0.4 is 5.32 Å². The molecule has 1 saturated heterocycles. The summed E-state index contributed by atoms with van der Waals surface area (Å²) in [5.74, 6) is 1.39. The summed E-state index contributed by atoms with van der Waals surface area (Å²) < 4.78 is 18.1. The molecule has 1 unspecified atom stereocenters. The van der Waals surface area contributed by atoms with E-state index >= 15 is 0 Å². The second-order valence-corrected chi connectivity index (χ2v) is 6.32. The SMILES string of the molecule is Cc1noc(-c2ccccc2)c1NC(=O)N1C[C@@H]2C(CF)[C@@H]2C1. The van der Waals surface area contributed by atoms with Gasteiger partial charge in [0.05, 0.1) is 6.67 Å². The van der Waals surface area contributed by atoms with Crippen molar-refractivity contribution in [3.63, 3.8) is 0 Å². The first-order valence-corrected chi connectivity index (χ1v) is 7.82. The Balaban J connectivity index is 1.49. The first-order chi connectivity index (χ1) is 11.2. The highest BCUT2D eigenvalue weighted by Crippen LogP contribution is 2.51. The quantitative estimate of drug-likeness (QED) is 0.945. The smallest absolute Gasteiger partial charge is 0.322 e. The third-order valence-electron chi connectivity index (χ3n) is 4.97. The van der Waals surface area contributed by atoms with Crippen LogP contribution in [0.3, 0.4) is 0 Å². The fraction of sp³-hybridized carbons (Fsp3) is 0.412. The largest absolute Gasteiger partial charge is 0.354 e. The zero-order valence-electron chi connectivity index (χ0n) is 12.8. The van der Waals surface area contributed by atoms with E-state index in [2.05, 4.69) is 10.5 Å². The van der Waals surface area contributed by atoms with Gasteiger partial charge in [0.2, 0.25) is 0 Å². The summed E-state index contributed by atoms with van der Waals surface area (Å²) in [5, 5.41) is 6.87. The van der Waals surface area contributed by atoms with Gasteiger partial charge in [0.25, 0.3) is 0 Å². The van der Waals surface area contributed by atoms with E-state index in [4.69, 9.17) is 4.52 Å². The van der Waals surface area contributed by atoms with E-state index < -0.39 is 0 Å². The number of alkyl halides is 1. The van der Waals surface area contributed by atoms with E-state index in [1.165, 1.54) is 0 Å². The third-order valence-corrected chi connectivity index (χ3v) is 4.97. The predicted octanol–water partition coefficient (Wildman–Crippen LogP) is 3.33. The average Bonchev–Trinajstić information content (AvgIpc) is 2.89. The Morgan fingerprint density at radius 3 is 2.70 bits per heavy atom. The number of amides is 2. The van der Waals surface area contributed by atoms with Crippen LogP contribution in [0.25, 0.3) is 11.3 Å². The number of halogens is 1. The summed E-state index contributed by atoms with van der Waals surface area (Å²) in [6.45, 7) is 2.80. The van der Waals surface area contributed by atoms with Gasteiger partial charge in [0.1, 0.15) is 11.4 Å². The van der Waals surface area contributed by atoms with Crippen LogP contribution in [-0.4, -0.2) is 35.9 Å². The van der Waals surface area contributed by atoms with Crippen molar-refractivity contribution >= 4 is 11.7 Å². The maximum atomic E-state index is 12.7. The lowest BCUT2D eigenvalue weighted by atomic mass is 10.1. The number of aryl methyl sites for hydroxylation is 1. The van der Waals surface area contributed by atoms with E-state index in [9.17, 15) is 9.18 Å². The molecular formula is C17H18FN3O2. The van der Waals surface area contributed by atoms with Crippen LogP contribution >= 0.6 is 0 Å². The van der Waals surface area contributed by atoms with Gasteiger partial charge < -0.3 is 14.7 Å². The van der Waals surface area contributed by atoms with Crippen LogP contribution in [0.2, 0.25) is 0 Å². The van der Waals surface area contributed by atoms with Crippen LogP contribution in [0, 0.1) is 24.7 Å². The standard InChI is InChI=1S/C17H18FN3O2/c1-10-15(16(23-20-10)11-5-3-2-4-6-11)19-17(22)21-8-13-12(7-18)14(13)9-21/h2-6,12-14H,7-9H2,1H3,(H,19,22)/t12?,13-,14+. The van der Waals surface area contributed by atoms with Gasteiger partial charge in [-0.25, -0.2) is 4.79 Å². The van der Waals surface area contributed by atoms with Gasteiger partial charge in [0, 0.05) is 18.7 Å². The molecule has 1 N–H and O–H groups in total. The van der Waals surface area contributed by atoms with Crippen molar-refractivity contribution in [1.82, 2.24) is 10.1 Å². The molecule has 0 spiro atoms. The molecule has 1 saturated carbocycles. The van der Waals surface area contributed by atoms with Crippen molar-refractivity contribution in [2.75, 3.05) is 25.1 Å². The number of fused-ring (bicyclic) bond motifs is 1. The number of benzene rings is 1. The molecule has 6 heteroatoms. The van der Waals surface area contributed by atoms with Gasteiger partial charge in [0.15, 0.2) is 5.76 Å². The number of nitrogens with zero attached hydrogens (tertiary/aromatic N) is 2. The fourth-order valence-corrected chi connectivity index (χ4v) is 3.53. The minimum absolute atomic E-state index is 0.163. The van der Waals surface area contributed by atoms with Crippen molar-refractivity contribution < 1.29 is 13.7 Å². The van der Waals surface area contributed by atoms with Crippen LogP contribution in [0.5, 0.6) is 0 Å². The van der Waals surface area contributed by atoms with E-state index in [1.54, 1.807) is 11.8 Å². The monoisotopic (exact) mass is 315 g/mol. The summed E-state index contributed by atoms with van der Waals surface area (Å²) in [5.41, 5.74) is 2.11. The highest BCUT2D eigenvalue weighted by atomic mass is 19.1. The van der Waals surface area contributed by atoms with Crippen molar-refractivity contribution in [3.05, 3.63) is 36.0 Å². The zero-order chi connectivity index (χ0) is 16.0. The van der Waals surface area contributed by atoms with Crippen LogP contribution in [0.4, 0.5) is 14.9 Å². The lowest BCUT2D eigenvalue weighted by Crippen LogP contribution is -2.35. The van der Waals surface area contributed by atoms with Gasteiger partial charge in [-0.1, -0.05) is 35.5 Å². The lowest BCUT2D eigenvalue weighted by Gasteiger charge is -2.19. The second-order valence-electron chi connectivity index (χ2n) is 6.32. The number of aromatic nitrogens is 1. The molecule has 2 aliphatic rings. The molecular weight excluding hydrogens is 297 g/mol. The molecule has 0 radical (unpaired) electrons. The first-order valence-electron chi connectivity index (χ1n) is 7.82. The molecule has 3 atom stereocenters. The summed E-state index contributed by atoms with van der Waals surface area (Å²) in [7, 11) is 0. The molecule has 2 heterocycles. The maximum absolute atomic E-state index is 12.7. The number of rotatable bonds is 3. The van der Waals surface area contributed by atoms with Crippen LogP contribution in [0.15, 0.2) is 34.9 Å². The van der Waals surface area contributed by atoms with Crippen LogP contribution in [-0.2, 0) is 0 Å². The highest BCUT2D eigenvalue weighted by Gasteiger charge is 2.56. The van der Waals surface area contributed by atoms with Gasteiger partial charge in [-0.2, -0.15) is 0 Å². The number of piperidine rings is 1. The molecule has 2 fully saturated rings. The molecule has 1 aliphatic heterocycles. The molecule has 23 heavy (non-hydrogen) atoms.